The zero-order chi connectivity index (χ0) is 24.9. The van der Waals surface area contributed by atoms with Gasteiger partial charge in [-0.3, -0.25) is 0 Å². The van der Waals surface area contributed by atoms with Crippen LogP contribution in [-0.4, -0.2) is 44.4 Å². The summed E-state index contributed by atoms with van der Waals surface area (Å²) < 4.78 is 18.4. The minimum atomic E-state index is -1.98. The summed E-state index contributed by atoms with van der Waals surface area (Å²) in [5.41, 5.74) is 4.24. The van der Waals surface area contributed by atoms with E-state index in [-0.39, 0.29) is 17.0 Å². The van der Waals surface area contributed by atoms with Gasteiger partial charge in [-0.2, -0.15) is 0 Å². The minimum absolute atomic E-state index is 0.233. The molecule has 35 heavy (non-hydrogen) atoms. The Morgan fingerprint density at radius 1 is 0.514 bits per heavy atom. The van der Waals surface area contributed by atoms with E-state index in [1.54, 1.807) is 0 Å². The molecule has 5 heteroatoms. The van der Waals surface area contributed by atoms with Gasteiger partial charge in [-0.1, -0.05) is 91.0 Å². The van der Waals surface area contributed by atoms with Gasteiger partial charge in [0.15, 0.2) is 0 Å². The van der Waals surface area contributed by atoms with Crippen molar-refractivity contribution in [1.82, 2.24) is 0 Å². The highest BCUT2D eigenvalue weighted by Crippen LogP contribution is 2.66. The maximum atomic E-state index is 7.34. The lowest BCUT2D eigenvalue weighted by molar-refractivity contribution is 0.112. The van der Waals surface area contributed by atoms with E-state index in [9.17, 15) is 0 Å². The van der Waals surface area contributed by atoms with Crippen LogP contribution in [-0.2, 0) is 34.0 Å². The van der Waals surface area contributed by atoms with Crippen LogP contribution in [0.5, 0.6) is 0 Å². The average molecular weight is 489 g/mol. The number of benzene rings is 3. The number of rotatable bonds is 15. The van der Waals surface area contributed by atoms with Gasteiger partial charge in [-0.25, -0.2) is 0 Å². The Morgan fingerprint density at radius 3 is 1.03 bits per heavy atom. The maximum Gasteiger partial charge on any atom is 0.366 e. The quantitative estimate of drug-likeness (QED) is 0.172. The highest BCUT2D eigenvalue weighted by Gasteiger charge is 2.48. The first-order valence-corrected chi connectivity index (χ1v) is 14.6. The Hall–Kier alpha value is -1.97. The molecule has 0 bridgehead atoms. The fourth-order valence-corrected chi connectivity index (χ4v) is 8.15. The van der Waals surface area contributed by atoms with E-state index in [1.165, 1.54) is 16.7 Å². The Morgan fingerprint density at radius 2 is 0.771 bits per heavy atom. The van der Waals surface area contributed by atoms with Crippen molar-refractivity contribution in [2.45, 2.75) is 57.6 Å². The second-order valence-electron chi connectivity index (χ2n) is 9.44. The van der Waals surface area contributed by atoms with Gasteiger partial charge in [-0.15, -0.1) is 0 Å². The van der Waals surface area contributed by atoms with Crippen LogP contribution in [0.1, 0.15) is 37.5 Å². The molecule has 0 fully saturated rings. The predicted molar refractivity (Wildman–Crippen MR) is 149 cm³/mol. The summed E-state index contributed by atoms with van der Waals surface area (Å²) in [7, 11) is 5.36. The van der Waals surface area contributed by atoms with Crippen molar-refractivity contribution in [3.63, 3.8) is 0 Å². The summed E-state index contributed by atoms with van der Waals surface area (Å²) in [5.74, 6) is 0. The molecule has 0 aliphatic carbocycles. The number of ether oxygens (including phenoxy) is 3. The SMILES string of the molecule is [B][P+](C(C)COCc1ccccc1)(C(C)COCc1ccccc1)C(C)COCc1ccccc1. The molecular weight excluding hydrogens is 450 g/mol. The molecule has 0 saturated carbocycles. The Kier molecular flexibility index (Phi) is 11.5. The van der Waals surface area contributed by atoms with Crippen molar-refractivity contribution in [1.29, 1.82) is 0 Å². The lowest BCUT2D eigenvalue weighted by Gasteiger charge is -2.39. The summed E-state index contributed by atoms with van der Waals surface area (Å²) >= 11 is 0. The summed E-state index contributed by atoms with van der Waals surface area (Å²) in [4.78, 5) is 0. The zero-order valence-corrected chi connectivity index (χ0v) is 22.3. The summed E-state index contributed by atoms with van der Waals surface area (Å²) in [5, 5.41) is 0. The van der Waals surface area contributed by atoms with Crippen LogP contribution < -0.4 is 0 Å². The van der Waals surface area contributed by atoms with E-state index >= 15 is 0 Å². The first-order chi connectivity index (χ1) is 17.0. The van der Waals surface area contributed by atoms with Crippen LogP contribution in [0.2, 0.25) is 0 Å². The van der Waals surface area contributed by atoms with Crippen LogP contribution in [0.4, 0.5) is 0 Å². The van der Waals surface area contributed by atoms with Gasteiger partial charge in [0.05, 0.1) is 56.6 Å². The van der Waals surface area contributed by atoms with Gasteiger partial charge in [0.2, 0.25) is 0 Å². The van der Waals surface area contributed by atoms with Crippen LogP contribution >= 0.6 is 7.14 Å². The van der Waals surface area contributed by atoms with Gasteiger partial charge in [0, 0.05) is 0 Å². The van der Waals surface area contributed by atoms with Gasteiger partial charge in [0.1, 0.15) is 0 Å². The standard InChI is InChI=1S/C30H39BO3P/c1-25(19-32-22-28-13-7-4-8-14-28)35(31,26(2)20-33-23-29-15-9-5-10-16-29)27(3)21-34-24-30-17-11-6-12-18-30/h4-18,25-27H,19-24H2,1-3H3/q+1. The van der Waals surface area contributed by atoms with E-state index in [1.807, 2.05) is 54.6 Å². The van der Waals surface area contributed by atoms with Crippen LogP contribution in [0.25, 0.3) is 0 Å². The third kappa shape index (κ3) is 8.58. The van der Waals surface area contributed by atoms with Crippen molar-refractivity contribution in [2.75, 3.05) is 19.8 Å². The van der Waals surface area contributed by atoms with Crippen molar-refractivity contribution in [2.24, 2.45) is 0 Å². The highest BCUT2D eigenvalue weighted by atomic mass is 31.2. The van der Waals surface area contributed by atoms with E-state index in [2.05, 4.69) is 57.2 Å². The van der Waals surface area contributed by atoms with Crippen LogP contribution in [0, 0.1) is 0 Å². The van der Waals surface area contributed by atoms with Crippen molar-refractivity contribution < 1.29 is 14.2 Å². The lowest BCUT2D eigenvalue weighted by atomic mass is 10.2. The topological polar surface area (TPSA) is 27.7 Å². The third-order valence-electron chi connectivity index (χ3n) is 6.70. The van der Waals surface area contributed by atoms with Crippen molar-refractivity contribution in [3.8, 4) is 0 Å². The normalized spacial score (nSPS) is 15.7. The van der Waals surface area contributed by atoms with E-state index < -0.39 is 7.14 Å². The number of hydrogen-bond donors (Lipinski definition) is 0. The molecule has 0 heterocycles. The molecular formula is C30H39BO3P+. The molecule has 0 amide bonds. The van der Waals surface area contributed by atoms with E-state index in [0.29, 0.717) is 39.6 Å². The number of hydrogen-bond acceptors (Lipinski definition) is 3. The molecule has 184 valence electrons. The van der Waals surface area contributed by atoms with Crippen molar-refractivity contribution in [3.05, 3.63) is 108 Å². The Balaban J connectivity index is 1.60. The molecule has 3 atom stereocenters. The van der Waals surface area contributed by atoms with Crippen LogP contribution in [0.3, 0.4) is 0 Å². The predicted octanol–water partition coefficient (Wildman–Crippen LogP) is 6.90. The van der Waals surface area contributed by atoms with E-state index in [4.69, 9.17) is 21.8 Å². The highest BCUT2D eigenvalue weighted by molar-refractivity contribution is 7.99. The Labute approximate surface area is 213 Å². The minimum Gasteiger partial charge on any atom is -0.373 e. The molecule has 3 aromatic rings. The van der Waals surface area contributed by atoms with Gasteiger partial charge >= 0.3 is 7.57 Å². The second kappa shape index (κ2) is 14.6. The summed E-state index contributed by atoms with van der Waals surface area (Å²) in [6.45, 7) is 10.4. The molecule has 0 aromatic heterocycles. The molecule has 0 spiro atoms. The molecule has 3 nitrogen and oxygen atoms in total. The molecule has 0 N–H and O–H groups in total. The van der Waals surface area contributed by atoms with Gasteiger partial charge in [0.25, 0.3) is 0 Å². The molecule has 0 aliphatic rings. The first-order valence-electron chi connectivity index (χ1n) is 12.5. The lowest BCUT2D eigenvalue weighted by Crippen LogP contribution is -2.35. The zero-order valence-electron chi connectivity index (χ0n) is 21.4. The van der Waals surface area contributed by atoms with Gasteiger partial charge < -0.3 is 14.2 Å². The third-order valence-corrected chi connectivity index (χ3v) is 11.7. The second-order valence-corrected chi connectivity index (χ2v) is 13.9. The fraction of sp³-hybridized carbons (Fsp3) is 0.400. The smallest absolute Gasteiger partial charge is 0.366 e. The molecule has 0 saturated heterocycles. The largest absolute Gasteiger partial charge is 0.373 e. The molecule has 0 aliphatic heterocycles. The van der Waals surface area contributed by atoms with E-state index in [0.717, 1.165) is 0 Å². The molecule has 2 radical (unpaired) electrons. The average Bonchev–Trinajstić information content (AvgIpc) is 2.89. The van der Waals surface area contributed by atoms with Gasteiger partial charge in [-0.05, 0) is 44.6 Å². The maximum absolute atomic E-state index is 7.34. The molecule has 3 unspecified atom stereocenters. The summed E-state index contributed by atoms with van der Waals surface area (Å²) in [6.07, 6.45) is 0. The summed E-state index contributed by atoms with van der Waals surface area (Å²) in [6, 6.07) is 30.9. The Bertz CT molecular complexity index is 830. The molecule has 3 rings (SSSR count). The molecule has 3 aromatic carbocycles. The van der Waals surface area contributed by atoms with Crippen molar-refractivity contribution >= 4 is 14.7 Å². The monoisotopic (exact) mass is 489 g/mol. The fourth-order valence-electron chi connectivity index (χ4n) is 4.46. The first kappa shape index (κ1) is 27.6. The van der Waals surface area contributed by atoms with Crippen LogP contribution in [0.15, 0.2) is 91.0 Å².